The first-order valence-electron chi connectivity index (χ1n) is 8.65. The van der Waals surface area contributed by atoms with Crippen LogP contribution in [0.1, 0.15) is 17.3 Å². The maximum Gasteiger partial charge on any atom is 0.260 e. The van der Waals surface area contributed by atoms with Gasteiger partial charge in [-0.15, -0.1) is 0 Å². The number of nitrogens with zero attached hydrogens (tertiary/aromatic N) is 2. The zero-order chi connectivity index (χ0) is 19.4. The van der Waals surface area contributed by atoms with Crippen LogP contribution in [0.15, 0.2) is 42.5 Å². The summed E-state index contributed by atoms with van der Waals surface area (Å²) in [6.45, 7) is 3.56. The highest BCUT2D eigenvalue weighted by atomic mass is 19.1. The molecule has 1 aliphatic heterocycles. The molecule has 0 unspecified atom stereocenters. The summed E-state index contributed by atoms with van der Waals surface area (Å²) >= 11 is 0. The van der Waals surface area contributed by atoms with Crippen LogP contribution in [0, 0.1) is 11.6 Å². The third-order valence-electron chi connectivity index (χ3n) is 4.52. The molecule has 2 aromatic carbocycles. The van der Waals surface area contributed by atoms with Crippen LogP contribution in [0.4, 0.5) is 14.5 Å². The van der Waals surface area contributed by atoms with Crippen LogP contribution in [0.5, 0.6) is 5.75 Å². The summed E-state index contributed by atoms with van der Waals surface area (Å²) in [7, 11) is 0. The highest BCUT2D eigenvalue weighted by molar-refractivity contribution is 5.94. The first-order valence-corrected chi connectivity index (χ1v) is 8.65. The second-order valence-corrected chi connectivity index (χ2v) is 6.33. The van der Waals surface area contributed by atoms with Gasteiger partial charge in [0.1, 0.15) is 5.82 Å². The molecule has 5 nitrogen and oxygen atoms in total. The van der Waals surface area contributed by atoms with Crippen molar-refractivity contribution >= 4 is 17.4 Å². The second kappa shape index (κ2) is 8.16. The smallest absolute Gasteiger partial charge is 0.260 e. The minimum absolute atomic E-state index is 0.0227. The van der Waals surface area contributed by atoms with E-state index >= 15 is 0 Å². The number of ketones is 1. The molecule has 0 saturated carbocycles. The Morgan fingerprint density at radius 3 is 2.26 bits per heavy atom. The van der Waals surface area contributed by atoms with Crippen LogP contribution in [-0.2, 0) is 4.79 Å². The lowest BCUT2D eigenvalue weighted by molar-refractivity contribution is -0.133. The predicted octanol–water partition coefficient (Wildman–Crippen LogP) is 2.90. The van der Waals surface area contributed by atoms with Crippen LogP contribution in [0.3, 0.4) is 0 Å². The van der Waals surface area contributed by atoms with Crippen molar-refractivity contribution in [3.05, 3.63) is 59.7 Å². The van der Waals surface area contributed by atoms with Gasteiger partial charge < -0.3 is 14.5 Å². The van der Waals surface area contributed by atoms with Crippen molar-refractivity contribution in [1.29, 1.82) is 0 Å². The van der Waals surface area contributed by atoms with Crippen molar-refractivity contribution in [3.63, 3.8) is 0 Å². The van der Waals surface area contributed by atoms with Crippen LogP contribution in [0.25, 0.3) is 0 Å². The molecule has 1 heterocycles. The number of halogens is 2. The van der Waals surface area contributed by atoms with E-state index in [0.29, 0.717) is 31.7 Å². The van der Waals surface area contributed by atoms with E-state index in [4.69, 9.17) is 4.74 Å². The normalized spacial score (nSPS) is 14.2. The van der Waals surface area contributed by atoms with Crippen molar-refractivity contribution in [2.45, 2.75) is 6.92 Å². The van der Waals surface area contributed by atoms with E-state index in [0.717, 1.165) is 17.8 Å². The molecule has 7 heteroatoms. The van der Waals surface area contributed by atoms with E-state index in [9.17, 15) is 18.4 Å². The molecule has 27 heavy (non-hydrogen) atoms. The molecule has 2 aromatic rings. The van der Waals surface area contributed by atoms with Crippen LogP contribution >= 0.6 is 0 Å². The Hall–Kier alpha value is -2.96. The molecule has 0 atom stereocenters. The Morgan fingerprint density at radius 1 is 1.00 bits per heavy atom. The summed E-state index contributed by atoms with van der Waals surface area (Å²) in [5, 5.41) is 0. The molecule has 1 saturated heterocycles. The van der Waals surface area contributed by atoms with Gasteiger partial charge in [0.2, 0.25) is 0 Å². The first kappa shape index (κ1) is 18.8. The minimum Gasteiger partial charge on any atom is -0.481 e. The van der Waals surface area contributed by atoms with E-state index in [2.05, 4.69) is 4.90 Å². The van der Waals surface area contributed by atoms with Crippen molar-refractivity contribution in [1.82, 2.24) is 4.90 Å². The van der Waals surface area contributed by atoms with Gasteiger partial charge in [-0.3, -0.25) is 9.59 Å². The lowest BCUT2D eigenvalue weighted by Gasteiger charge is -2.36. The predicted molar refractivity (Wildman–Crippen MR) is 97.1 cm³/mol. The Bertz CT molecular complexity index is 832. The molecule has 1 fully saturated rings. The average molecular weight is 374 g/mol. The third kappa shape index (κ3) is 4.61. The first-order chi connectivity index (χ1) is 12.9. The van der Waals surface area contributed by atoms with E-state index in [1.807, 2.05) is 12.1 Å². The van der Waals surface area contributed by atoms with Gasteiger partial charge in [-0.1, -0.05) is 0 Å². The summed E-state index contributed by atoms with van der Waals surface area (Å²) in [6.07, 6.45) is 0. The fourth-order valence-corrected chi connectivity index (χ4v) is 2.94. The number of anilines is 1. The topological polar surface area (TPSA) is 49.9 Å². The summed E-state index contributed by atoms with van der Waals surface area (Å²) in [4.78, 5) is 27.4. The number of hydrogen-bond donors (Lipinski definition) is 0. The fraction of sp³-hybridized carbons (Fsp3) is 0.300. The molecule has 0 aliphatic carbocycles. The Morgan fingerprint density at radius 2 is 1.67 bits per heavy atom. The molecule has 3 rings (SSSR count). The number of ether oxygens (including phenoxy) is 1. The van der Waals surface area contributed by atoms with Gasteiger partial charge in [-0.25, -0.2) is 8.78 Å². The SMILES string of the molecule is CC(=O)c1ccc(N2CCN(C(=O)COc3ccc(F)cc3F)CC2)cc1. The molecule has 1 amide bonds. The van der Waals surface area contributed by atoms with E-state index in [1.165, 1.54) is 13.0 Å². The van der Waals surface area contributed by atoms with Gasteiger partial charge in [-0.2, -0.15) is 0 Å². The maximum atomic E-state index is 13.5. The lowest BCUT2D eigenvalue weighted by Crippen LogP contribution is -2.50. The summed E-state index contributed by atoms with van der Waals surface area (Å²) in [6, 6.07) is 10.3. The van der Waals surface area contributed by atoms with E-state index in [1.54, 1.807) is 17.0 Å². The third-order valence-corrected chi connectivity index (χ3v) is 4.52. The van der Waals surface area contributed by atoms with Crippen LogP contribution in [-0.4, -0.2) is 49.4 Å². The monoisotopic (exact) mass is 374 g/mol. The van der Waals surface area contributed by atoms with E-state index < -0.39 is 11.6 Å². The van der Waals surface area contributed by atoms with Crippen LogP contribution < -0.4 is 9.64 Å². The summed E-state index contributed by atoms with van der Waals surface area (Å²) in [5.74, 6) is -1.89. The number of carbonyl (C=O) groups excluding carboxylic acids is 2. The molecule has 142 valence electrons. The fourth-order valence-electron chi connectivity index (χ4n) is 2.94. The van der Waals surface area contributed by atoms with Crippen molar-refractivity contribution in [2.24, 2.45) is 0 Å². The average Bonchev–Trinajstić information content (AvgIpc) is 2.67. The summed E-state index contributed by atoms with van der Waals surface area (Å²) in [5.41, 5.74) is 1.66. The van der Waals surface area contributed by atoms with Crippen molar-refractivity contribution in [2.75, 3.05) is 37.7 Å². The molecule has 0 spiro atoms. The molecular weight excluding hydrogens is 354 g/mol. The van der Waals surface area contributed by atoms with Gasteiger partial charge in [0.25, 0.3) is 5.91 Å². The number of rotatable bonds is 5. The van der Waals surface area contributed by atoms with Gasteiger partial charge in [0.15, 0.2) is 24.0 Å². The molecule has 1 aliphatic rings. The standard InChI is InChI=1S/C20H20F2N2O3/c1-14(25)15-2-5-17(6-3-15)23-8-10-24(11-9-23)20(26)13-27-19-7-4-16(21)12-18(19)22/h2-7,12H,8-11,13H2,1H3. The van der Waals surface area contributed by atoms with Gasteiger partial charge >= 0.3 is 0 Å². The minimum atomic E-state index is -0.832. The lowest BCUT2D eigenvalue weighted by atomic mass is 10.1. The Balaban J connectivity index is 1.51. The zero-order valence-corrected chi connectivity index (χ0v) is 15.0. The largest absolute Gasteiger partial charge is 0.481 e. The summed E-state index contributed by atoms with van der Waals surface area (Å²) < 4.78 is 31.6. The molecule has 0 N–H and O–H groups in total. The highest BCUT2D eigenvalue weighted by Crippen LogP contribution is 2.19. The molecule has 0 bridgehead atoms. The molecule has 0 aromatic heterocycles. The maximum absolute atomic E-state index is 13.5. The van der Waals surface area contributed by atoms with Gasteiger partial charge in [0, 0.05) is 43.5 Å². The van der Waals surface area contributed by atoms with Gasteiger partial charge in [-0.05, 0) is 43.3 Å². The molecular formula is C20H20F2N2O3. The Kier molecular flexibility index (Phi) is 5.69. The van der Waals surface area contributed by atoms with Gasteiger partial charge in [0.05, 0.1) is 0 Å². The van der Waals surface area contributed by atoms with E-state index in [-0.39, 0.29) is 24.0 Å². The zero-order valence-electron chi connectivity index (χ0n) is 15.0. The number of Topliss-reactive ketones (excluding diaryl/α,β-unsaturated/α-hetero) is 1. The number of carbonyl (C=O) groups is 2. The van der Waals surface area contributed by atoms with Crippen molar-refractivity contribution in [3.8, 4) is 5.75 Å². The van der Waals surface area contributed by atoms with Crippen LogP contribution in [0.2, 0.25) is 0 Å². The number of benzene rings is 2. The number of piperazine rings is 1. The Labute approximate surface area is 156 Å². The molecule has 0 radical (unpaired) electrons. The van der Waals surface area contributed by atoms with Crippen molar-refractivity contribution < 1.29 is 23.1 Å². The highest BCUT2D eigenvalue weighted by Gasteiger charge is 2.22. The number of amides is 1. The quantitative estimate of drug-likeness (QED) is 0.755. The number of hydrogen-bond acceptors (Lipinski definition) is 4. The second-order valence-electron chi connectivity index (χ2n) is 6.33.